The van der Waals surface area contributed by atoms with Crippen molar-refractivity contribution in [3.05, 3.63) is 92.3 Å². The van der Waals surface area contributed by atoms with Crippen LogP contribution in [0.5, 0.6) is 5.75 Å². The lowest BCUT2D eigenvalue weighted by atomic mass is 9.95. The third-order valence-electron chi connectivity index (χ3n) is 5.24. The molecule has 0 spiro atoms. The van der Waals surface area contributed by atoms with E-state index in [4.69, 9.17) is 32.4 Å². The number of halogens is 5. The molecule has 0 aliphatic heterocycles. The van der Waals surface area contributed by atoms with Crippen LogP contribution in [-0.2, 0) is 17.4 Å². The van der Waals surface area contributed by atoms with Gasteiger partial charge in [-0.05, 0) is 29.8 Å². The highest BCUT2D eigenvalue weighted by Crippen LogP contribution is 2.38. The fourth-order valence-electron chi connectivity index (χ4n) is 3.71. The number of rotatable bonds is 5. The van der Waals surface area contributed by atoms with Crippen LogP contribution in [0.3, 0.4) is 0 Å². The van der Waals surface area contributed by atoms with Crippen molar-refractivity contribution >= 4 is 45.8 Å². The molecule has 0 aliphatic rings. The predicted molar refractivity (Wildman–Crippen MR) is 128 cm³/mol. The first-order valence-electron chi connectivity index (χ1n) is 10.1. The topological polar surface area (TPSA) is 68.5 Å². The van der Waals surface area contributed by atoms with E-state index < -0.39 is 35.4 Å². The number of carbonyl (C=O) groups excluding carboxylic acids is 1. The molecule has 1 heterocycles. The van der Waals surface area contributed by atoms with Crippen LogP contribution in [0.1, 0.15) is 11.1 Å². The van der Waals surface area contributed by atoms with Crippen LogP contribution in [0.25, 0.3) is 22.1 Å². The van der Waals surface area contributed by atoms with Gasteiger partial charge < -0.3 is 14.5 Å². The van der Waals surface area contributed by atoms with Gasteiger partial charge in [0.15, 0.2) is 0 Å². The Kier molecular flexibility index (Phi) is 6.78. The number of benzene rings is 3. The summed E-state index contributed by atoms with van der Waals surface area (Å²) in [6, 6.07) is 14.7. The SMILES string of the molecule is COc1cc2c(-c3ccccc3)c(CC(=O)Nc3ccc(Cl)cc3C(F)(F)F)c(=O)oc2cc1Cl. The Bertz CT molecular complexity index is 1480. The maximum absolute atomic E-state index is 13.4. The molecule has 0 saturated carbocycles. The summed E-state index contributed by atoms with van der Waals surface area (Å²) in [7, 11) is 1.42. The summed E-state index contributed by atoms with van der Waals surface area (Å²) in [5.41, 5.74) is -1.29. The molecule has 1 aromatic heterocycles. The van der Waals surface area contributed by atoms with Crippen molar-refractivity contribution in [3.63, 3.8) is 0 Å². The van der Waals surface area contributed by atoms with Crippen LogP contribution >= 0.6 is 23.2 Å². The maximum atomic E-state index is 13.4. The smallest absolute Gasteiger partial charge is 0.418 e. The van der Waals surface area contributed by atoms with Gasteiger partial charge in [-0.3, -0.25) is 4.79 Å². The van der Waals surface area contributed by atoms with E-state index in [2.05, 4.69) is 5.32 Å². The van der Waals surface area contributed by atoms with Gasteiger partial charge in [-0.1, -0.05) is 53.5 Å². The van der Waals surface area contributed by atoms with Gasteiger partial charge >= 0.3 is 11.8 Å². The molecule has 0 radical (unpaired) electrons. The van der Waals surface area contributed by atoms with Crippen molar-refractivity contribution < 1.29 is 27.1 Å². The van der Waals surface area contributed by atoms with E-state index in [1.807, 2.05) is 0 Å². The molecule has 35 heavy (non-hydrogen) atoms. The normalized spacial score (nSPS) is 11.5. The van der Waals surface area contributed by atoms with E-state index >= 15 is 0 Å². The van der Waals surface area contributed by atoms with Gasteiger partial charge in [0.2, 0.25) is 5.91 Å². The van der Waals surface area contributed by atoms with Crippen molar-refractivity contribution in [2.45, 2.75) is 12.6 Å². The Labute approximate surface area is 207 Å². The molecular formula is C25H16Cl2F3NO4. The Morgan fingerprint density at radius 1 is 1.06 bits per heavy atom. The number of anilines is 1. The number of carbonyl (C=O) groups is 1. The van der Waals surface area contributed by atoms with Crippen molar-refractivity contribution in [3.8, 4) is 16.9 Å². The number of fused-ring (bicyclic) bond motifs is 1. The zero-order valence-corrected chi connectivity index (χ0v) is 19.5. The summed E-state index contributed by atoms with van der Waals surface area (Å²) in [6.07, 6.45) is -5.30. The van der Waals surface area contributed by atoms with Crippen molar-refractivity contribution in [2.75, 3.05) is 12.4 Å². The van der Waals surface area contributed by atoms with E-state index in [-0.39, 0.29) is 21.2 Å². The van der Waals surface area contributed by atoms with Crippen LogP contribution in [0, 0.1) is 0 Å². The van der Waals surface area contributed by atoms with E-state index in [9.17, 15) is 22.8 Å². The second-order valence-electron chi connectivity index (χ2n) is 7.50. The molecule has 5 nitrogen and oxygen atoms in total. The second kappa shape index (κ2) is 9.64. The quantitative estimate of drug-likeness (QED) is 0.288. The van der Waals surface area contributed by atoms with Crippen LogP contribution in [-0.4, -0.2) is 13.0 Å². The van der Waals surface area contributed by atoms with Gasteiger partial charge in [-0.2, -0.15) is 13.2 Å². The first-order chi connectivity index (χ1) is 16.6. The van der Waals surface area contributed by atoms with E-state index in [0.29, 0.717) is 28.3 Å². The Morgan fingerprint density at radius 3 is 2.43 bits per heavy atom. The summed E-state index contributed by atoms with van der Waals surface area (Å²) in [6.45, 7) is 0. The standard InChI is InChI=1S/C25H16Cl2F3NO4/c1-34-21-10-15-20(12-18(21)27)35-24(33)16(23(15)13-5-3-2-4-6-13)11-22(32)31-19-8-7-14(26)9-17(19)25(28,29)30/h2-10,12H,11H2,1H3,(H,31,32). The summed E-state index contributed by atoms with van der Waals surface area (Å²) in [5, 5.41) is 2.76. The van der Waals surface area contributed by atoms with Gasteiger partial charge in [0, 0.05) is 22.0 Å². The fourth-order valence-corrected chi connectivity index (χ4v) is 4.11. The highest BCUT2D eigenvalue weighted by atomic mass is 35.5. The van der Waals surface area contributed by atoms with Gasteiger partial charge in [0.1, 0.15) is 11.3 Å². The average Bonchev–Trinajstić information content (AvgIpc) is 2.80. The first-order valence-corrected chi connectivity index (χ1v) is 10.9. The second-order valence-corrected chi connectivity index (χ2v) is 8.35. The number of hydrogen-bond donors (Lipinski definition) is 1. The molecule has 1 N–H and O–H groups in total. The van der Waals surface area contributed by atoms with Crippen LogP contribution in [0.15, 0.2) is 69.9 Å². The molecule has 3 aromatic carbocycles. The van der Waals surface area contributed by atoms with Crippen molar-refractivity contribution in [2.24, 2.45) is 0 Å². The molecule has 0 saturated heterocycles. The Hall–Kier alpha value is -3.49. The number of hydrogen-bond acceptors (Lipinski definition) is 4. The minimum atomic E-state index is -4.75. The largest absolute Gasteiger partial charge is 0.495 e. The van der Waals surface area contributed by atoms with Crippen molar-refractivity contribution in [1.29, 1.82) is 0 Å². The lowest BCUT2D eigenvalue weighted by Crippen LogP contribution is -2.22. The molecule has 4 aromatic rings. The lowest BCUT2D eigenvalue weighted by molar-refractivity contribution is -0.137. The fraction of sp³-hybridized carbons (Fsp3) is 0.120. The van der Waals surface area contributed by atoms with Crippen LogP contribution < -0.4 is 15.7 Å². The zero-order valence-electron chi connectivity index (χ0n) is 18.0. The Balaban J connectivity index is 1.83. The lowest BCUT2D eigenvalue weighted by Gasteiger charge is -2.16. The predicted octanol–water partition coefficient (Wildman–Crippen LogP) is 6.98. The molecular weight excluding hydrogens is 506 g/mol. The van der Waals surface area contributed by atoms with Gasteiger partial charge in [-0.15, -0.1) is 0 Å². The molecule has 0 unspecified atom stereocenters. The molecule has 1 amide bonds. The average molecular weight is 522 g/mol. The third kappa shape index (κ3) is 5.13. The number of alkyl halides is 3. The van der Waals surface area contributed by atoms with E-state index in [1.54, 1.807) is 36.4 Å². The van der Waals surface area contributed by atoms with Gasteiger partial charge in [0.25, 0.3) is 0 Å². The van der Waals surface area contributed by atoms with Crippen LogP contribution in [0.4, 0.5) is 18.9 Å². The molecule has 0 atom stereocenters. The zero-order chi connectivity index (χ0) is 25.3. The van der Waals surface area contributed by atoms with Crippen molar-refractivity contribution in [1.82, 2.24) is 0 Å². The number of ether oxygens (including phenoxy) is 1. The molecule has 180 valence electrons. The summed E-state index contributed by atoms with van der Waals surface area (Å²) in [4.78, 5) is 25.8. The molecule has 0 aliphatic carbocycles. The molecule has 10 heteroatoms. The highest BCUT2D eigenvalue weighted by Gasteiger charge is 2.34. The minimum Gasteiger partial charge on any atom is -0.495 e. The van der Waals surface area contributed by atoms with Gasteiger partial charge in [-0.25, -0.2) is 4.79 Å². The van der Waals surface area contributed by atoms with Crippen LogP contribution in [0.2, 0.25) is 10.0 Å². The molecule has 0 bridgehead atoms. The summed E-state index contributed by atoms with van der Waals surface area (Å²) in [5.74, 6) is -0.529. The van der Waals surface area contributed by atoms with E-state index in [1.165, 1.54) is 19.2 Å². The first kappa shape index (κ1) is 24.6. The molecule has 4 rings (SSSR count). The minimum absolute atomic E-state index is 0.0342. The monoisotopic (exact) mass is 521 g/mol. The summed E-state index contributed by atoms with van der Waals surface area (Å²) < 4.78 is 51.0. The number of amides is 1. The summed E-state index contributed by atoms with van der Waals surface area (Å²) >= 11 is 11.9. The van der Waals surface area contributed by atoms with E-state index in [0.717, 1.165) is 6.07 Å². The van der Waals surface area contributed by atoms with Gasteiger partial charge in [0.05, 0.1) is 35.4 Å². The number of nitrogens with one attached hydrogen (secondary N) is 1. The molecule has 0 fully saturated rings. The third-order valence-corrected chi connectivity index (χ3v) is 5.77. The Morgan fingerprint density at radius 2 is 1.77 bits per heavy atom. The highest BCUT2D eigenvalue weighted by molar-refractivity contribution is 6.33. The number of methoxy groups -OCH3 is 1. The maximum Gasteiger partial charge on any atom is 0.418 e.